The number of carbonyl (C=O) groups excluding carboxylic acids is 1. The number of nitrogens with one attached hydrogen (secondary N) is 1. The average molecular weight is 336 g/mol. The highest BCUT2D eigenvalue weighted by Crippen LogP contribution is 2.29. The van der Waals surface area contributed by atoms with Crippen molar-refractivity contribution in [3.05, 3.63) is 53.6 Å². The molecule has 0 bridgehead atoms. The summed E-state index contributed by atoms with van der Waals surface area (Å²) in [6.07, 6.45) is -0.201. The van der Waals surface area contributed by atoms with E-state index in [0.717, 1.165) is 9.79 Å². The second kappa shape index (κ2) is 7.87. The molecular formula is C16H14ClNO3S. The highest BCUT2D eigenvalue weighted by atomic mass is 35.5. The van der Waals surface area contributed by atoms with Crippen LogP contribution in [0.2, 0.25) is 5.02 Å². The van der Waals surface area contributed by atoms with Gasteiger partial charge in [0.1, 0.15) is 0 Å². The fourth-order valence-electron chi connectivity index (χ4n) is 1.69. The Hall–Kier alpha value is -1.98. The number of rotatable bonds is 6. The molecule has 4 nitrogen and oxygen atoms in total. The third kappa shape index (κ3) is 5.42. The van der Waals surface area contributed by atoms with Crippen LogP contribution in [0.25, 0.3) is 0 Å². The van der Waals surface area contributed by atoms with E-state index in [1.54, 1.807) is 23.9 Å². The van der Waals surface area contributed by atoms with Crippen molar-refractivity contribution in [1.29, 1.82) is 0 Å². The van der Waals surface area contributed by atoms with Crippen LogP contribution >= 0.6 is 23.4 Å². The lowest BCUT2D eigenvalue weighted by atomic mass is 10.2. The fourth-order valence-corrected chi connectivity index (χ4v) is 2.63. The molecule has 2 rings (SSSR count). The zero-order chi connectivity index (χ0) is 15.9. The minimum atomic E-state index is -0.982. The topological polar surface area (TPSA) is 66.4 Å². The summed E-state index contributed by atoms with van der Waals surface area (Å²) >= 11 is 7.43. The van der Waals surface area contributed by atoms with Gasteiger partial charge in [-0.05, 0) is 48.5 Å². The molecule has 0 spiro atoms. The molecule has 0 aromatic heterocycles. The number of carboxylic acid groups (broad SMARTS) is 1. The van der Waals surface area contributed by atoms with Crippen molar-refractivity contribution in [2.24, 2.45) is 0 Å². The number of aliphatic carboxylic acids is 1. The number of halogens is 1. The van der Waals surface area contributed by atoms with Gasteiger partial charge in [-0.25, -0.2) is 0 Å². The molecule has 0 saturated heterocycles. The smallest absolute Gasteiger partial charge is 0.303 e. The predicted octanol–water partition coefficient (Wildman–Crippen LogP) is 4.29. The number of hydrogen-bond donors (Lipinski definition) is 2. The van der Waals surface area contributed by atoms with Gasteiger partial charge in [0, 0.05) is 26.9 Å². The second-order valence-corrected chi connectivity index (χ2v) is 6.11. The number of carboxylic acids is 1. The number of amides is 1. The molecule has 22 heavy (non-hydrogen) atoms. The maximum absolute atomic E-state index is 11.5. The molecule has 0 aliphatic rings. The largest absolute Gasteiger partial charge is 0.481 e. The molecule has 0 heterocycles. The van der Waals surface area contributed by atoms with Gasteiger partial charge >= 0.3 is 5.97 Å². The van der Waals surface area contributed by atoms with E-state index in [1.165, 1.54) is 0 Å². The molecule has 0 unspecified atom stereocenters. The van der Waals surface area contributed by atoms with Crippen molar-refractivity contribution in [2.75, 3.05) is 5.32 Å². The Morgan fingerprint density at radius 1 is 0.955 bits per heavy atom. The fraction of sp³-hybridized carbons (Fsp3) is 0.125. The van der Waals surface area contributed by atoms with Gasteiger partial charge < -0.3 is 10.4 Å². The maximum Gasteiger partial charge on any atom is 0.303 e. The van der Waals surface area contributed by atoms with E-state index in [2.05, 4.69) is 5.32 Å². The van der Waals surface area contributed by atoms with Crippen LogP contribution in [0.5, 0.6) is 0 Å². The van der Waals surface area contributed by atoms with Crippen LogP contribution in [0.3, 0.4) is 0 Å². The van der Waals surface area contributed by atoms with Gasteiger partial charge in [0.25, 0.3) is 0 Å². The zero-order valence-electron chi connectivity index (χ0n) is 11.6. The third-order valence-electron chi connectivity index (χ3n) is 2.75. The first-order chi connectivity index (χ1) is 10.5. The molecule has 6 heteroatoms. The maximum atomic E-state index is 11.5. The Balaban J connectivity index is 1.91. The van der Waals surface area contributed by atoms with Crippen molar-refractivity contribution in [3.8, 4) is 0 Å². The standard InChI is InChI=1S/C16H14ClNO3S/c17-11-1-5-13(6-2-11)22-14-7-3-12(4-8-14)18-15(19)9-10-16(20)21/h1-8H,9-10H2,(H,18,19)(H,20,21). The second-order valence-electron chi connectivity index (χ2n) is 4.52. The molecule has 0 aliphatic heterocycles. The Kier molecular flexibility index (Phi) is 5.86. The predicted molar refractivity (Wildman–Crippen MR) is 87.5 cm³/mol. The molecule has 2 N–H and O–H groups in total. The van der Waals surface area contributed by atoms with Gasteiger partial charge in [-0.1, -0.05) is 23.4 Å². The summed E-state index contributed by atoms with van der Waals surface area (Å²) in [6, 6.07) is 14.9. The van der Waals surface area contributed by atoms with E-state index in [9.17, 15) is 9.59 Å². The summed E-state index contributed by atoms with van der Waals surface area (Å²) in [6.45, 7) is 0. The quantitative estimate of drug-likeness (QED) is 0.826. The van der Waals surface area contributed by atoms with E-state index in [1.807, 2.05) is 36.4 Å². The number of carbonyl (C=O) groups is 2. The van der Waals surface area contributed by atoms with E-state index >= 15 is 0 Å². The Bertz CT molecular complexity index is 656. The minimum absolute atomic E-state index is 0.0311. The highest BCUT2D eigenvalue weighted by molar-refractivity contribution is 7.99. The Labute approximate surface area is 137 Å². The van der Waals surface area contributed by atoms with Gasteiger partial charge in [-0.2, -0.15) is 0 Å². The lowest BCUT2D eigenvalue weighted by Crippen LogP contribution is -2.12. The first-order valence-corrected chi connectivity index (χ1v) is 7.77. The highest BCUT2D eigenvalue weighted by Gasteiger charge is 2.06. The minimum Gasteiger partial charge on any atom is -0.481 e. The molecule has 114 valence electrons. The Morgan fingerprint density at radius 3 is 2.05 bits per heavy atom. The van der Waals surface area contributed by atoms with Crippen molar-refractivity contribution in [1.82, 2.24) is 0 Å². The summed E-state index contributed by atoms with van der Waals surface area (Å²) in [7, 11) is 0. The molecule has 2 aromatic carbocycles. The van der Waals surface area contributed by atoms with Gasteiger partial charge in [0.2, 0.25) is 5.91 Å². The van der Waals surface area contributed by atoms with Gasteiger partial charge in [-0.15, -0.1) is 0 Å². The van der Waals surface area contributed by atoms with Crippen molar-refractivity contribution < 1.29 is 14.7 Å². The van der Waals surface area contributed by atoms with E-state index < -0.39 is 5.97 Å². The first kappa shape index (κ1) is 16.4. The molecule has 0 saturated carbocycles. The first-order valence-electron chi connectivity index (χ1n) is 6.58. The monoisotopic (exact) mass is 335 g/mol. The normalized spacial score (nSPS) is 10.2. The number of anilines is 1. The molecular weight excluding hydrogens is 322 g/mol. The summed E-state index contributed by atoms with van der Waals surface area (Å²) in [5.41, 5.74) is 0.649. The molecule has 1 amide bonds. The third-order valence-corrected chi connectivity index (χ3v) is 4.02. The molecule has 0 aliphatic carbocycles. The van der Waals surface area contributed by atoms with Crippen molar-refractivity contribution in [2.45, 2.75) is 22.6 Å². The van der Waals surface area contributed by atoms with Gasteiger partial charge in [0.05, 0.1) is 6.42 Å². The summed E-state index contributed by atoms with van der Waals surface area (Å²) in [5, 5.41) is 11.9. The van der Waals surface area contributed by atoms with Crippen LogP contribution in [0.15, 0.2) is 58.3 Å². The van der Waals surface area contributed by atoms with Crippen molar-refractivity contribution in [3.63, 3.8) is 0 Å². The van der Waals surface area contributed by atoms with E-state index in [4.69, 9.17) is 16.7 Å². The average Bonchev–Trinajstić information content (AvgIpc) is 2.49. The van der Waals surface area contributed by atoms with Crippen LogP contribution in [0.1, 0.15) is 12.8 Å². The number of benzene rings is 2. The zero-order valence-corrected chi connectivity index (χ0v) is 13.2. The molecule has 0 radical (unpaired) electrons. The van der Waals surface area contributed by atoms with Crippen molar-refractivity contribution >= 4 is 40.9 Å². The number of hydrogen-bond acceptors (Lipinski definition) is 3. The van der Waals surface area contributed by atoms with Crippen LogP contribution in [-0.4, -0.2) is 17.0 Å². The molecule has 0 atom stereocenters. The molecule has 2 aromatic rings. The van der Waals surface area contributed by atoms with Crippen LogP contribution < -0.4 is 5.32 Å². The lowest BCUT2D eigenvalue weighted by Gasteiger charge is -2.06. The van der Waals surface area contributed by atoms with Gasteiger partial charge in [-0.3, -0.25) is 9.59 Å². The molecule has 0 fully saturated rings. The van der Waals surface area contributed by atoms with E-state index in [-0.39, 0.29) is 18.7 Å². The van der Waals surface area contributed by atoms with E-state index in [0.29, 0.717) is 10.7 Å². The Morgan fingerprint density at radius 2 is 1.50 bits per heavy atom. The van der Waals surface area contributed by atoms with Crippen LogP contribution in [-0.2, 0) is 9.59 Å². The summed E-state index contributed by atoms with van der Waals surface area (Å²) < 4.78 is 0. The van der Waals surface area contributed by atoms with Crippen LogP contribution in [0.4, 0.5) is 5.69 Å². The van der Waals surface area contributed by atoms with Gasteiger partial charge in [0.15, 0.2) is 0 Å². The summed E-state index contributed by atoms with van der Waals surface area (Å²) in [5.74, 6) is -1.29. The SMILES string of the molecule is O=C(O)CCC(=O)Nc1ccc(Sc2ccc(Cl)cc2)cc1. The van der Waals surface area contributed by atoms with Crippen LogP contribution in [0, 0.1) is 0 Å². The lowest BCUT2D eigenvalue weighted by molar-refractivity contribution is -0.138. The summed E-state index contributed by atoms with van der Waals surface area (Å²) in [4.78, 5) is 24.0.